The van der Waals surface area contributed by atoms with Crippen LogP contribution in [0.2, 0.25) is 5.04 Å². The number of alkyl carbamates (subject to hydrolysis) is 1. The molecule has 0 aliphatic carbocycles. The number of carbonyl (C=O) groups excluding carboxylic acids is 1. The van der Waals surface area contributed by atoms with E-state index < -0.39 is 37.9 Å². The second-order valence-electron chi connectivity index (χ2n) is 14.3. The Hall–Kier alpha value is -3.27. The average Bonchev–Trinajstić information content (AvgIpc) is 3.36. The van der Waals surface area contributed by atoms with Crippen molar-refractivity contribution in [1.82, 2.24) is 5.32 Å². The number of amides is 1. The third-order valence-corrected chi connectivity index (χ3v) is 12.8. The summed E-state index contributed by atoms with van der Waals surface area (Å²) in [7, 11) is -2.96. The molecule has 1 aliphatic rings. The molecule has 46 heavy (non-hydrogen) atoms. The summed E-state index contributed by atoms with van der Waals surface area (Å²) in [5.74, 6) is -0.751. The molecule has 3 atom stereocenters. The number of carbonyl (C=O) groups is 1. The molecule has 3 aromatic rings. The topological polar surface area (TPSA) is 75.3 Å². The molecule has 1 aliphatic heterocycles. The number of nitrogens with one attached hydrogen (secondary N) is 1. The van der Waals surface area contributed by atoms with Crippen molar-refractivity contribution in [3.8, 4) is 0 Å². The normalized spacial score (nSPS) is 18.3. The zero-order valence-electron chi connectivity index (χ0n) is 28.6. The lowest BCUT2D eigenvalue weighted by molar-refractivity contribution is -0.146. The maximum absolute atomic E-state index is 12.9. The maximum Gasteiger partial charge on any atom is 0.408 e. The summed E-state index contributed by atoms with van der Waals surface area (Å²) in [6.45, 7) is 17.1. The molecule has 0 spiro atoms. The highest BCUT2D eigenvalue weighted by atomic mass is 28.4. The fraction of sp³-hybridized carbons (Fsp3) is 0.447. The van der Waals surface area contributed by atoms with Crippen LogP contribution in [0.25, 0.3) is 0 Å². The van der Waals surface area contributed by atoms with Crippen LogP contribution in [0.4, 0.5) is 4.79 Å². The van der Waals surface area contributed by atoms with Gasteiger partial charge in [-0.25, -0.2) is 4.79 Å². The van der Waals surface area contributed by atoms with Gasteiger partial charge >= 0.3 is 6.09 Å². The first-order valence-corrected chi connectivity index (χ1v) is 18.0. The number of ether oxygens (including phenoxy) is 4. The van der Waals surface area contributed by atoms with Crippen LogP contribution < -0.4 is 15.7 Å². The predicted molar refractivity (Wildman–Crippen MR) is 186 cm³/mol. The Balaban J connectivity index is 1.72. The Morgan fingerprint density at radius 2 is 1.43 bits per heavy atom. The molecule has 0 unspecified atom stereocenters. The molecule has 1 saturated heterocycles. The van der Waals surface area contributed by atoms with Crippen LogP contribution in [0.1, 0.15) is 61.0 Å². The van der Waals surface area contributed by atoms with E-state index in [9.17, 15) is 4.79 Å². The number of hydrogen-bond donors (Lipinski definition) is 1. The predicted octanol–water partition coefficient (Wildman–Crippen LogP) is 6.75. The molecule has 0 saturated carbocycles. The van der Waals surface area contributed by atoms with E-state index in [0.717, 1.165) is 5.56 Å². The third-order valence-electron chi connectivity index (χ3n) is 7.77. The van der Waals surface area contributed by atoms with Gasteiger partial charge in [-0.1, -0.05) is 124 Å². The molecular formula is C38H51NO6Si. The number of benzene rings is 3. The fourth-order valence-corrected chi connectivity index (χ4v) is 10.4. The molecule has 8 heteroatoms. The molecule has 1 fully saturated rings. The molecule has 248 valence electrons. The van der Waals surface area contributed by atoms with Crippen molar-refractivity contribution in [3.63, 3.8) is 0 Å². The first-order chi connectivity index (χ1) is 21.7. The maximum atomic E-state index is 12.9. The van der Waals surface area contributed by atoms with Crippen molar-refractivity contribution < 1.29 is 28.2 Å². The van der Waals surface area contributed by atoms with E-state index in [1.807, 2.05) is 89.2 Å². The van der Waals surface area contributed by atoms with Gasteiger partial charge in [0.15, 0.2) is 5.79 Å². The summed E-state index contributed by atoms with van der Waals surface area (Å²) < 4.78 is 31.7. The van der Waals surface area contributed by atoms with Gasteiger partial charge < -0.3 is 28.7 Å². The van der Waals surface area contributed by atoms with Gasteiger partial charge in [0.05, 0.1) is 32.0 Å². The summed E-state index contributed by atoms with van der Waals surface area (Å²) in [5.41, 5.74) is 0.410. The molecule has 4 rings (SSSR count). The molecule has 7 nitrogen and oxygen atoms in total. The molecule has 1 heterocycles. The Morgan fingerprint density at radius 3 is 1.91 bits per heavy atom. The lowest BCUT2D eigenvalue weighted by Crippen LogP contribution is -2.68. The minimum absolute atomic E-state index is 0.240. The number of rotatable bonds is 12. The first kappa shape index (κ1) is 35.6. The Bertz CT molecular complexity index is 1360. The molecule has 1 N–H and O–H groups in total. The molecule has 0 bridgehead atoms. The standard InChI is InChI=1S/C38H51NO6Si/c1-36(2,3)44-35(40)39-30(27-41-26-29-18-12-9-13-19-29)24-25-33(34-28-42-38(7,8)43-34)45-46(37(4,5)6,31-20-14-10-15-21-31)32-22-16-11-17-23-32/h9-25,30,33-34H,26-28H2,1-8H3,(H,39,40)/b25-24+/t30-,33-,34-/m0/s1. The van der Waals surface area contributed by atoms with E-state index in [2.05, 4.69) is 74.6 Å². The van der Waals surface area contributed by atoms with Gasteiger partial charge in [0, 0.05) is 0 Å². The van der Waals surface area contributed by atoms with E-state index >= 15 is 0 Å². The molecular weight excluding hydrogens is 595 g/mol. The van der Waals surface area contributed by atoms with Gasteiger partial charge in [-0.2, -0.15) is 0 Å². The van der Waals surface area contributed by atoms with Gasteiger partial charge in [-0.3, -0.25) is 0 Å². The highest BCUT2D eigenvalue weighted by molar-refractivity contribution is 6.99. The monoisotopic (exact) mass is 645 g/mol. The van der Waals surface area contributed by atoms with Crippen molar-refractivity contribution in [1.29, 1.82) is 0 Å². The highest BCUT2D eigenvalue weighted by Gasteiger charge is 2.53. The summed E-state index contributed by atoms with van der Waals surface area (Å²) in [5, 5.41) is 5.08. The molecule has 1 amide bonds. The third kappa shape index (κ3) is 9.62. The van der Waals surface area contributed by atoms with Gasteiger partial charge in [0.1, 0.15) is 11.7 Å². The van der Waals surface area contributed by atoms with Gasteiger partial charge in [0.25, 0.3) is 8.32 Å². The second kappa shape index (κ2) is 15.1. The van der Waals surface area contributed by atoms with E-state index in [0.29, 0.717) is 13.2 Å². The van der Waals surface area contributed by atoms with Crippen LogP contribution in [0.3, 0.4) is 0 Å². The largest absolute Gasteiger partial charge is 0.444 e. The fourth-order valence-electron chi connectivity index (χ4n) is 5.74. The van der Waals surface area contributed by atoms with Crippen LogP contribution in [0.15, 0.2) is 103 Å². The van der Waals surface area contributed by atoms with Crippen LogP contribution in [-0.2, 0) is 30.0 Å². The van der Waals surface area contributed by atoms with Gasteiger partial charge in [-0.15, -0.1) is 0 Å². The van der Waals surface area contributed by atoms with Crippen molar-refractivity contribution in [3.05, 3.63) is 109 Å². The Kier molecular flexibility index (Phi) is 11.7. The van der Waals surface area contributed by atoms with E-state index in [-0.39, 0.29) is 17.7 Å². The van der Waals surface area contributed by atoms with Crippen molar-refractivity contribution in [2.75, 3.05) is 13.2 Å². The first-order valence-electron chi connectivity index (χ1n) is 16.1. The molecule has 0 radical (unpaired) electrons. The SMILES string of the molecule is CC(C)(C)OC(=O)N[C@@H](/C=C/[C@H](O[Si](c1ccccc1)(c1ccccc1)C(C)(C)C)[C@@H]1COC(C)(C)O1)COCc1ccccc1. The second-order valence-corrected chi connectivity index (χ2v) is 18.5. The van der Waals surface area contributed by atoms with E-state index in [4.69, 9.17) is 23.4 Å². The summed E-state index contributed by atoms with van der Waals surface area (Å²) in [6.07, 6.45) is 2.55. The Labute approximate surface area is 276 Å². The lowest BCUT2D eigenvalue weighted by atomic mass is 10.1. The van der Waals surface area contributed by atoms with Crippen molar-refractivity contribution in [2.45, 2.75) is 96.7 Å². The smallest absolute Gasteiger partial charge is 0.408 e. The summed E-state index contributed by atoms with van der Waals surface area (Å²) in [6, 6.07) is 30.5. The van der Waals surface area contributed by atoms with E-state index in [1.54, 1.807) is 0 Å². The van der Waals surface area contributed by atoms with Crippen molar-refractivity contribution >= 4 is 24.8 Å². The molecule has 0 aromatic heterocycles. The van der Waals surface area contributed by atoms with E-state index in [1.165, 1.54) is 10.4 Å². The van der Waals surface area contributed by atoms with Crippen LogP contribution >= 0.6 is 0 Å². The van der Waals surface area contributed by atoms with Crippen LogP contribution in [0.5, 0.6) is 0 Å². The zero-order chi connectivity index (χ0) is 33.4. The zero-order valence-corrected chi connectivity index (χ0v) is 29.6. The van der Waals surface area contributed by atoms with Crippen LogP contribution in [0, 0.1) is 0 Å². The lowest BCUT2D eigenvalue weighted by Gasteiger charge is -2.45. The minimum atomic E-state index is -2.96. The molecule has 3 aromatic carbocycles. The summed E-state index contributed by atoms with van der Waals surface area (Å²) >= 11 is 0. The minimum Gasteiger partial charge on any atom is -0.444 e. The Morgan fingerprint density at radius 1 is 0.891 bits per heavy atom. The number of hydrogen-bond acceptors (Lipinski definition) is 6. The van der Waals surface area contributed by atoms with Gasteiger partial charge in [0.2, 0.25) is 0 Å². The highest BCUT2D eigenvalue weighted by Crippen LogP contribution is 2.39. The van der Waals surface area contributed by atoms with Crippen LogP contribution in [-0.4, -0.2) is 57.3 Å². The quantitative estimate of drug-likeness (QED) is 0.174. The summed E-state index contributed by atoms with van der Waals surface area (Å²) in [4.78, 5) is 12.9. The van der Waals surface area contributed by atoms with Crippen molar-refractivity contribution in [2.24, 2.45) is 0 Å². The average molecular weight is 646 g/mol. The van der Waals surface area contributed by atoms with Gasteiger partial charge in [-0.05, 0) is 55.6 Å².